The number of aliphatic hydroxyl groups excluding tert-OH is 1. The molecule has 1 aromatic heterocycles. The van der Waals surface area contributed by atoms with Crippen molar-refractivity contribution in [3.05, 3.63) is 18.5 Å². The van der Waals surface area contributed by atoms with Gasteiger partial charge in [-0.05, 0) is 6.07 Å². The zero-order chi connectivity index (χ0) is 10.4. The molecular weight excluding hydrogens is 184 g/mol. The van der Waals surface area contributed by atoms with Gasteiger partial charge in [-0.25, -0.2) is 0 Å². The molecule has 1 amide bonds. The summed E-state index contributed by atoms with van der Waals surface area (Å²) in [5.74, 6) is -0.434. The quantitative estimate of drug-likeness (QED) is 0.509. The summed E-state index contributed by atoms with van der Waals surface area (Å²) in [4.78, 5) is 10.4. The molecular formula is C8H14N4O2. The molecule has 0 aliphatic carbocycles. The van der Waals surface area contributed by atoms with E-state index in [4.69, 9.17) is 5.73 Å². The van der Waals surface area contributed by atoms with E-state index in [-0.39, 0.29) is 6.54 Å². The third-order valence-corrected chi connectivity index (χ3v) is 1.64. The van der Waals surface area contributed by atoms with Crippen molar-refractivity contribution in [2.45, 2.75) is 12.6 Å². The highest BCUT2D eigenvalue weighted by Crippen LogP contribution is 1.89. The van der Waals surface area contributed by atoms with Crippen LogP contribution in [0.15, 0.2) is 18.5 Å². The first-order valence-corrected chi connectivity index (χ1v) is 4.33. The molecule has 0 bridgehead atoms. The molecule has 1 aromatic rings. The first-order chi connectivity index (χ1) is 6.68. The summed E-state index contributed by atoms with van der Waals surface area (Å²) in [5, 5.41) is 16.1. The molecule has 0 radical (unpaired) electrons. The summed E-state index contributed by atoms with van der Waals surface area (Å²) < 4.78 is 1.62. The fraction of sp³-hybridized carbons (Fsp3) is 0.500. The van der Waals surface area contributed by atoms with Gasteiger partial charge in [-0.1, -0.05) is 0 Å². The molecule has 0 aliphatic heterocycles. The molecule has 0 aromatic carbocycles. The summed E-state index contributed by atoms with van der Waals surface area (Å²) >= 11 is 0. The number of amides is 1. The van der Waals surface area contributed by atoms with Gasteiger partial charge in [0.15, 0.2) is 0 Å². The van der Waals surface area contributed by atoms with Crippen molar-refractivity contribution < 1.29 is 9.90 Å². The second kappa shape index (κ2) is 5.36. The third-order valence-electron chi connectivity index (χ3n) is 1.64. The van der Waals surface area contributed by atoms with Crippen LogP contribution in [0.3, 0.4) is 0 Å². The SMILES string of the molecule is NC(=O)CNCC(O)Cn1cccn1. The number of hydrogen-bond donors (Lipinski definition) is 3. The van der Waals surface area contributed by atoms with Gasteiger partial charge < -0.3 is 16.2 Å². The fourth-order valence-corrected chi connectivity index (χ4v) is 1.05. The average molecular weight is 198 g/mol. The summed E-state index contributed by atoms with van der Waals surface area (Å²) in [6.07, 6.45) is 2.83. The maximum absolute atomic E-state index is 10.4. The number of aromatic nitrogens is 2. The Labute approximate surface area is 81.7 Å². The number of nitrogens with zero attached hydrogens (tertiary/aromatic N) is 2. The summed E-state index contributed by atoms with van der Waals surface area (Å²) in [5.41, 5.74) is 4.91. The number of nitrogens with one attached hydrogen (secondary N) is 1. The summed E-state index contributed by atoms with van der Waals surface area (Å²) in [6.45, 7) is 0.803. The van der Waals surface area contributed by atoms with Crippen molar-refractivity contribution in [2.24, 2.45) is 5.73 Å². The lowest BCUT2D eigenvalue weighted by molar-refractivity contribution is -0.117. The summed E-state index contributed by atoms with van der Waals surface area (Å²) in [7, 11) is 0. The van der Waals surface area contributed by atoms with Crippen LogP contribution in [0, 0.1) is 0 Å². The standard InChI is InChI=1S/C8H14N4O2/c9-8(14)5-10-4-7(13)6-12-3-1-2-11-12/h1-3,7,10,13H,4-6H2,(H2,9,14). The molecule has 1 atom stereocenters. The minimum absolute atomic E-state index is 0.0795. The number of aliphatic hydroxyl groups is 1. The molecule has 0 aliphatic rings. The van der Waals surface area contributed by atoms with Crippen molar-refractivity contribution in [1.82, 2.24) is 15.1 Å². The van der Waals surface area contributed by atoms with Crippen LogP contribution < -0.4 is 11.1 Å². The molecule has 4 N–H and O–H groups in total. The normalized spacial score (nSPS) is 12.6. The van der Waals surface area contributed by atoms with E-state index in [2.05, 4.69) is 10.4 Å². The zero-order valence-corrected chi connectivity index (χ0v) is 7.76. The number of primary amides is 1. The van der Waals surface area contributed by atoms with Crippen molar-refractivity contribution in [3.8, 4) is 0 Å². The molecule has 1 rings (SSSR count). The Balaban J connectivity index is 2.16. The monoisotopic (exact) mass is 198 g/mol. The van der Waals surface area contributed by atoms with E-state index in [9.17, 15) is 9.90 Å². The van der Waals surface area contributed by atoms with E-state index in [1.807, 2.05) is 0 Å². The molecule has 0 spiro atoms. The third kappa shape index (κ3) is 4.01. The topological polar surface area (TPSA) is 93.2 Å². The second-order valence-electron chi connectivity index (χ2n) is 2.98. The van der Waals surface area contributed by atoms with Crippen LogP contribution in [0.1, 0.15) is 0 Å². The predicted octanol–water partition coefficient (Wildman–Crippen LogP) is -1.68. The van der Waals surface area contributed by atoms with E-state index >= 15 is 0 Å². The number of carbonyl (C=O) groups is 1. The number of rotatable bonds is 6. The van der Waals surface area contributed by atoms with Gasteiger partial charge in [0.2, 0.25) is 5.91 Å². The molecule has 6 nitrogen and oxygen atoms in total. The van der Waals surface area contributed by atoms with Gasteiger partial charge in [-0.2, -0.15) is 5.10 Å². The van der Waals surface area contributed by atoms with Gasteiger partial charge in [-0.3, -0.25) is 9.48 Å². The van der Waals surface area contributed by atoms with Gasteiger partial charge in [0.25, 0.3) is 0 Å². The number of hydrogen-bond acceptors (Lipinski definition) is 4. The lowest BCUT2D eigenvalue weighted by atomic mass is 10.3. The van der Waals surface area contributed by atoms with Crippen LogP contribution in [0.4, 0.5) is 0 Å². The Morgan fingerprint density at radius 1 is 1.71 bits per heavy atom. The van der Waals surface area contributed by atoms with E-state index < -0.39 is 12.0 Å². The fourth-order valence-electron chi connectivity index (χ4n) is 1.05. The van der Waals surface area contributed by atoms with Gasteiger partial charge in [0.05, 0.1) is 19.2 Å². The van der Waals surface area contributed by atoms with E-state index in [0.29, 0.717) is 13.1 Å². The van der Waals surface area contributed by atoms with Crippen LogP contribution >= 0.6 is 0 Å². The molecule has 78 valence electrons. The molecule has 6 heteroatoms. The highest BCUT2D eigenvalue weighted by atomic mass is 16.3. The van der Waals surface area contributed by atoms with Gasteiger partial charge in [0.1, 0.15) is 0 Å². The highest BCUT2D eigenvalue weighted by molar-refractivity contribution is 5.75. The Morgan fingerprint density at radius 2 is 2.50 bits per heavy atom. The van der Waals surface area contributed by atoms with Crippen LogP contribution in [0.5, 0.6) is 0 Å². The minimum atomic E-state index is -0.575. The summed E-state index contributed by atoms with van der Waals surface area (Å²) in [6, 6.07) is 1.78. The lowest BCUT2D eigenvalue weighted by Crippen LogP contribution is -2.35. The maximum atomic E-state index is 10.4. The lowest BCUT2D eigenvalue weighted by Gasteiger charge is -2.10. The van der Waals surface area contributed by atoms with Crippen LogP contribution in [0.2, 0.25) is 0 Å². The van der Waals surface area contributed by atoms with E-state index in [1.165, 1.54) is 0 Å². The molecule has 0 fully saturated rings. The van der Waals surface area contributed by atoms with Crippen molar-refractivity contribution >= 4 is 5.91 Å². The van der Waals surface area contributed by atoms with Crippen molar-refractivity contribution in [3.63, 3.8) is 0 Å². The first kappa shape index (κ1) is 10.7. The zero-order valence-electron chi connectivity index (χ0n) is 7.76. The smallest absolute Gasteiger partial charge is 0.231 e. The predicted molar refractivity (Wildman–Crippen MR) is 50.3 cm³/mol. The first-order valence-electron chi connectivity index (χ1n) is 4.33. The van der Waals surface area contributed by atoms with Crippen LogP contribution in [0.25, 0.3) is 0 Å². The van der Waals surface area contributed by atoms with E-state index in [0.717, 1.165) is 0 Å². The van der Waals surface area contributed by atoms with Gasteiger partial charge in [0, 0.05) is 18.9 Å². The molecule has 14 heavy (non-hydrogen) atoms. The van der Waals surface area contributed by atoms with Gasteiger partial charge >= 0.3 is 0 Å². The minimum Gasteiger partial charge on any atom is -0.390 e. The second-order valence-corrected chi connectivity index (χ2v) is 2.98. The highest BCUT2D eigenvalue weighted by Gasteiger charge is 2.04. The van der Waals surface area contributed by atoms with Crippen molar-refractivity contribution in [2.75, 3.05) is 13.1 Å². The number of carbonyl (C=O) groups excluding carboxylic acids is 1. The van der Waals surface area contributed by atoms with Crippen LogP contribution in [-0.2, 0) is 11.3 Å². The molecule has 0 saturated carbocycles. The molecule has 1 heterocycles. The van der Waals surface area contributed by atoms with Gasteiger partial charge in [-0.15, -0.1) is 0 Å². The van der Waals surface area contributed by atoms with Crippen LogP contribution in [-0.4, -0.2) is 40.0 Å². The Kier molecular flexibility index (Phi) is 4.09. The molecule has 1 unspecified atom stereocenters. The van der Waals surface area contributed by atoms with E-state index in [1.54, 1.807) is 23.1 Å². The maximum Gasteiger partial charge on any atom is 0.231 e. The Bertz CT molecular complexity index is 273. The molecule has 0 saturated heterocycles. The largest absolute Gasteiger partial charge is 0.390 e. The number of nitrogens with two attached hydrogens (primary N) is 1. The van der Waals surface area contributed by atoms with Crippen molar-refractivity contribution in [1.29, 1.82) is 0 Å². The Morgan fingerprint density at radius 3 is 3.07 bits per heavy atom. The average Bonchev–Trinajstić information content (AvgIpc) is 2.56. The Hall–Kier alpha value is -1.40.